The number of esters is 2. The number of hydrogen-bond donors (Lipinski definition) is 2. The maximum absolute atomic E-state index is 11.9. The third-order valence-electron chi connectivity index (χ3n) is 3.50. The Hall–Kier alpha value is -2.28. The standard InChI is InChI=1S/C16H20ClNO6/c1-4-9(2)14(16(22)23-3)18-13(20)8-24-15(21)11-7-10(17)5-6-12(11)19/h5-7,9,14,19H,4,8H2,1-3H3,(H,18,20). The van der Waals surface area contributed by atoms with Crippen LogP contribution in [0.25, 0.3) is 0 Å². The van der Waals surface area contributed by atoms with E-state index in [2.05, 4.69) is 10.1 Å². The predicted molar refractivity (Wildman–Crippen MR) is 86.8 cm³/mol. The summed E-state index contributed by atoms with van der Waals surface area (Å²) >= 11 is 5.74. The number of ether oxygens (including phenoxy) is 2. The molecule has 0 aliphatic carbocycles. The lowest BCUT2D eigenvalue weighted by Crippen LogP contribution is -2.47. The van der Waals surface area contributed by atoms with Gasteiger partial charge < -0.3 is 19.9 Å². The van der Waals surface area contributed by atoms with Crippen LogP contribution in [-0.2, 0) is 19.1 Å². The maximum atomic E-state index is 11.9. The SMILES string of the molecule is CCC(C)C(NC(=O)COC(=O)c1cc(Cl)ccc1O)C(=O)OC. The van der Waals surface area contributed by atoms with Crippen molar-refractivity contribution >= 4 is 29.4 Å². The van der Waals surface area contributed by atoms with Crippen LogP contribution >= 0.6 is 11.6 Å². The number of carbonyl (C=O) groups excluding carboxylic acids is 3. The molecule has 2 N–H and O–H groups in total. The topological polar surface area (TPSA) is 102 Å². The molecule has 0 fully saturated rings. The lowest BCUT2D eigenvalue weighted by atomic mass is 9.99. The lowest BCUT2D eigenvalue weighted by Gasteiger charge is -2.21. The van der Waals surface area contributed by atoms with Crippen LogP contribution in [0.3, 0.4) is 0 Å². The minimum atomic E-state index is -0.900. The van der Waals surface area contributed by atoms with Crippen LogP contribution < -0.4 is 5.32 Å². The van der Waals surface area contributed by atoms with Gasteiger partial charge in [0.2, 0.25) is 0 Å². The number of methoxy groups -OCH3 is 1. The second-order valence-corrected chi connectivity index (χ2v) is 5.63. The lowest BCUT2D eigenvalue weighted by molar-refractivity contribution is -0.147. The fourth-order valence-electron chi connectivity index (χ4n) is 1.89. The quantitative estimate of drug-likeness (QED) is 0.723. The molecule has 0 aliphatic heterocycles. The van der Waals surface area contributed by atoms with Gasteiger partial charge in [0.05, 0.1) is 7.11 Å². The highest BCUT2D eigenvalue weighted by Crippen LogP contribution is 2.22. The van der Waals surface area contributed by atoms with E-state index in [1.165, 1.54) is 25.3 Å². The van der Waals surface area contributed by atoms with E-state index in [9.17, 15) is 19.5 Å². The van der Waals surface area contributed by atoms with E-state index in [0.29, 0.717) is 6.42 Å². The molecule has 132 valence electrons. The van der Waals surface area contributed by atoms with Crippen LogP contribution in [0.2, 0.25) is 5.02 Å². The van der Waals surface area contributed by atoms with E-state index in [1.807, 2.05) is 6.92 Å². The molecule has 1 amide bonds. The number of carbonyl (C=O) groups is 3. The average molecular weight is 358 g/mol. The molecule has 1 aromatic rings. The zero-order chi connectivity index (χ0) is 18.3. The van der Waals surface area contributed by atoms with Crippen LogP contribution in [0, 0.1) is 5.92 Å². The first kappa shape index (κ1) is 19.8. The molecule has 8 heteroatoms. The van der Waals surface area contributed by atoms with Crippen molar-refractivity contribution in [1.29, 1.82) is 0 Å². The highest BCUT2D eigenvalue weighted by Gasteiger charge is 2.27. The minimum absolute atomic E-state index is 0.144. The smallest absolute Gasteiger partial charge is 0.342 e. The van der Waals surface area contributed by atoms with E-state index in [0.717, 1.165) is 0 Å². The Morgan fingerprint density at radius 3 is 2.58 bits per heavy atom. The number of benzene rings is 1. The van der Waals surface area contributed by atoms with Gasteiger partial charge in [0.15, 0.2) is 6.61 Å². The average Bonchev–Trinajstić information content (AvgIpc) is 2.58. The zero-order valence-corrected chi connectivity index (χ0v) is 14.4. The first-order chi connectivity index (χ1) is 11.3. The Morgan fingerprint density at radius 1 is 1.33 bits per heavy atom. The van der Waals surface area contributed by atoms with Gasteiger partial charge in [-0.3, -0.25) is 4.79 Å². The molecule has 0 saturated carbocycles. The fraction of sp³-hybridized carbons (Fsp3) is 0.438. The summed E-state index contributed by atoms with van der Waals surface area (Å²) in [5.41, 5.74) is -0.151. The first-order valence-corrected chi connectivity index (χ1v) is 7.70. The van der Waals surface area contributed by atoms with E-state index in [-0.39, 0.29) is 22.3 Å². The molecule has 2 atom stereocenters. The molecule has 0 bridgehead atoms. The highest BCUT2D eigenvalue weighted by atomic mass is 35.5. The number of hydrogen-bond acceptors (Lipinski definition) is 6. The summed E-state index contributed by atoms with van der Waals surface area (Å²) in [6.45, 7) is 3.06. The summed E-state index contributed by atoms with van der Waals surface area (Å²) in [5, 5.41) is 12.3. The van der Waals surface area contributed by atoms with Crippen LogP contribution in [0.5, 0.6) is 5.75 Å². The van der Waals surface area contributed by atoms with Gasteiger partial charge in [-0.25, -0.2) is 9.59 Å². The molecule has 0 saturated heterocycles. The third kappa shape index (κ3) is 5.42. The summed E-state index contributed by atoms with van der Waals surface area (Å²) in [6.07, 6.45) is 0.649. The Bertz CT molecular complexity index is 619. The van der Waals surface area contributed by atoms with Crippen molar-refractivity contribution in [1.82, 2.24) is 5.32 Å². The van der Waals surface area contributed by atoms with Crippen molar-refractivity contribution in [3.63, 3.8) is 0 Å². The number of nitrogens with one attached hydrogen (secondary N) is 1. The molecular formula is C16H20ClNO6. The fourth-order valence-corrected chi connectivity index (χ4v) is 2.06. The molecule has 1 aromatic carbocycles. The summed E-state index contributed by atoms with van der Waals surface area (Å²) in [4.78, 5) is 35.5. The zero-order valence-electron chi connectivity index (χ0n) is 13.7. The van der Waals surface area contributed by atoms with Gasteiger partial charge in [-0.2, -0.15) is 0 Å². The van der Waals surface area contributed by atoms with Gasteiger partial charge in [0.25, 0.3) is 5.91 Å². The van der Waals surface area contributed by atoms with Crippen molar-refractivity contribution in [3.05, 3.63) is 28.8 Å². The number of phenolic OH excluding ortho intramolecular Hbond substituents is 1. The monoisotopic (exact) mass is 357 g/mol. The molecular weight excluding hydrogens is 338 g/mol. The first-order valence-electron chi connectivity index (χ1n) is 7.33. The normalized spacial score (nSPS) is 12.8. The molecule has 2 unspecified atom stereocenters. The van der Waals surface area contributed by atoms with Gasteiger partial charge in [0, 0.05) is 5.02 Å². The number of amides is 1. The van der Waals surface area contributed by atoms with Crippen molar-refractivity contribution in [2.75, 3.05) is 13.7 Å². The van der Waals surface area contributed by atoms with Crippen molar-refractivity contribution in [2.24, 2.45) is 5.92 Å². The Balaban J connectivity index is 2.66. The predicted octanol–water partition coefficient (Wildman–Crippen LogP) is 1.91. The number of halogens is 1. The van der Waals surface area contributed by atoms with E-state index in [1.54, 1.807) is 6.92 Å². The minimum Gasteiger partial charge on any atom is -0.507 e. The summed E-state index contributed by atoms with van der Waals surface area (Å²) < 4.78 is 9.48. The summed E-state index contributed by atoms with van der Waals surface area (Å²) in [5.74, 6) is -2.58. The van der Waals surface area contributed by atoms with E-state index < -0.39 is 30.5 Å². The van der Waals surface area contributed by atoms with E-state index >= 15 is 0 Å². The summed E-state index contributed by atoms with van der Waals surface area (Å²) in [6, 6.07) is 3.06. The molecule has 0 spiro atoms. The van der Waals surface area contributed by atoms with E-state index in [4.69, 9.17) is 16.3 Å². The number of phenols is 1. The second-order valence-electron chi connectivity index (χ2n) is 5.19. The van der Waals surface area contributed by atoms with Gasteiger partial charge in [-0.05, 0) is 24.1 Å². The largest absolute Gasteiger partial charge is 0.507 e. The summed E-state index contributed by atoms with van der Waals surface area (Å²) in [7, 11) is 1.23. The van der Waals surface area contributed by atoms with Crippen LogP contribution in [-0.4, -0.2) is 42.7 Å². The molecule has 0 aliphatic rings. The van der Waals surface area contributed by atoms with Gasteiger partial charge in [-0.15, -0.1) is 0 Å². The highest BCUT2D eigenvalue weighted by molar-refractivity contribution is 6.31. The molecule has 0 heterocycles. The van der Waals surface area contributed by atoms with Gasteiger partial charge >= 0.3 is 11.9 Å². The number of rotatable bonds is 7. The number of aromatic hydroxyl groups is 1. The molecule has 24 heavy (non-hydrogen) atoms. The van der Waals surface area contributed by atoms with Crippen LogP contribution in [0.4, 0.5) is 0 Å². The van der Waals surface area contributed by atoms with Crippen molar-refractivity contribution < 1.29 is 29.0 Å². The molecule has 0 radical (unpaired) electrons. The Morgan fingerprint density at radius 2 is 2.00 bits per heavy atom. The third-order valence-corrected chi connectivity index (χ3v) is 3.73. The Labute approximate surface area is 144 Å². The van der Waals surface area contributed by atoms with Crippen molar-refractivity contribution in [3.8, 4) is 5.75 Å². The maximum Gasteiger partial charge on any atom is 0.342 e. The second kappa shape index (κ2) is 9.12. The van der Waals surface area contributed by atoms with Crippen molar-refractivity contribution in [2.45, 2.75) is 26.3 Å². The van der Waals surface area contributed by atoms with Crippen LogP contribution in [0.15, 0.2) is 18.2 Å². The molecule has 1 rings (SSSR count). The molecule has 0 aromatic heterocycles. The van der Waals surface area contributed by atoms with Gasteiger partial charge in [0.1, 0.15) is 17.4 Å². The molecule has 7 nitrogen and oxygen atoms in total. The Kier molecular flexibility index (Phi) is 7.51. The van der Waals surface area contributed by atoms with Gasteiger partial charge in [-0.1, -0.05) is 31.9 Å². The van der Waals surface area contributed by atoms with Crippen LogP contribution in [0.1, 0.15) is 30.6 Å².